The first-order chi connectivity index (χ1) is 15.3. The standard InChI is InChI=1S/C23H19ClFN3O2S2/c1-14(29)15-5-7-16(8-6-15)27-23(31)28-17-3-2-4-19(11-17)32-13-22(30)26-18-9-10-21(25)20(24)12-18/h2-12H,13H2,1H3,(H,26,30)(H2,27,28,31). The molecule has 0 saturated carbocycles. The predicted molar refractivity (Wildman–Crippen MR) is 133 cm³/mol. The third-order valence-electron chi connectivity index (χ3n) is 4.21. The van der Waals surface area contributed by atoms with Gasteiger partial charge in [0.25, 0.3) is 0 Å². The van der Waals surface area contributed by atoms with E-state index in [4.69, 9.17) is 23.8 Å². The van der Waals surface area contributed by atoms with Crippen molar-refractivity contribution in [3.05, 3.63) is 83.1 Å². The first kappa shape index (κ1) is 23.7. The number of carbonyl (C=O) groups is 2. The second-order valence-electron chi connectivity index (χ2n) is 6.71. The van der Waals surface area contributed by atoms with E-state index >= 15 is 0 Å². The zero-order valence-corrected chi connectivity index (χ0v) is 19.3. The molecular formula is C23H19ClFN3O2S2. The highest BCUT2D eigenvalue weighted by Gasteiger charge is 2.07. The van der Waals surface area contributed by atoms with Gasteiger partial charge in [-0.25, -0.2) is 4.39 Å². The smallest absolute Gasteiger partial charge is 0.234 e. The molecule has 3 N–H and O–H groups in total. The first-order valence-corrected chi connectivity index (χ1v) is 11.2. The van der Waals surface area contributed by atoms with E-state index in [0.717, 1.165) is 16.3 Å². The largest absolute Gasteiger partial charge is 0.332 e. The number of benzene rings is 3. The molecule has 0 spiro atoms. The van der Waals surface area contributed by atoms with Gasteiger partial charge in [0.15, 0.2) is 10.9 Å². The Labute approximate surface area is 199 Å². The maximum atomic E-state index is 13.2. The molecule has 3 rings (SSSR count). The van der Waals surface area contributed by atoms with Crippen LogP contribution in [0.4, 0.5) is 21.5 Å². The summed E-state index contributed by atoms with van der Waals surface area (Å²) in [7, 11) is 0. The summed E-state index contributed by atoms with van der Waals surface area (Å²) >= 11 is 12.4. The van der Waals surface area contributed by atoms with E-state index in [1.54, 1.807) is 24.3 Å². The van der Waals surface area contributed by atoms with E-state index in [1.165, 1.54) is 36.9 Å². The molecule has 0 aliphatic carbocycles. The van der Waals surface area contributed by atoms with Crippen molar-refractivity contribution in [2.24, 2.45) is 0 Å². The number of nitrogens with one attached hydrogen (secondary N) is 3. The van der Waals surface area contributed by atoms with E-state index < -0.39 is 5.82 Å². The van der Waals surface area contributed by atoms with Gasteiger partial charge in [-0.2, -0.15) is 0 Å². The minimum absolute atomic E-state index is 0.00159. The summed E-state index contributed by atoms with van der Waals surface area (Å²) in [5.41, 5.74) is 2.59. The molecule has 32 heavy (non-hydrogen) atoms. The van der Waals surface area contributed by atoms with Crippen molar-refractivity contribution < 1.29 is 14.0 Å². The fourth-order valence-corrected chi connectivity index (χ4v) is 3.84. The molecule has 5 nitrogen and oxygen atoms in total. The van der Waals surface area contributed by atoms with Gasteiger partial charge in [-0.05, 0) is 79.8 Å². The van der Waals surface area contributed by atoms with E-state index in [-0.39, 0.29) is 22.5 Å². The molecule has 0 heterocycles. The lowest BCUT2D eigenvalue weighted by Crippen LogP contribution is -2.19. The molecular weight excluding hydrogens is 469 g/mol. The van der Waals surface area contributed by atoms with Gasteiger partial charge < -0.3 is 16.0 Å². The highest BCUT2D eigenvalue weighted by molar-refractivity contribution is 8.00. The van der Waals surface area contributed by atoms with Gasteiger partial charge >= 0.3 is 0 Å². The molecule has 0 aromatic heterocycles. The quantitative estimate of drug-likeness (QED) is 0.209. The number of ketones is 1. The van der Waals surface area contributed by atoms with Gasteiger partial charge in [0.05, 0.1) is 10.8 Å². The molecule has 9 heteroatoms. The zero-order valence-electron chi connectivity index (χ0n) is 16.9. The normalized spacial score (nSPS) is 10.3. The summed E-state index contributed by atoms with van der Waals surface area (Å²) in [5.74, 6) is -0.600. The first-order valence-electron chi connectivity index (χ1n) is 9.47. The number of carbonyl (C=O) groups excluding carboxylic acids is 2. The molecule has 0 unspecified atom stereocenters. The van der Waals surface area contributed by atoms with E-state index in [2.05, 4.69) is 16.0 Å². The number of thiocarbonyl (C=S) groups is 1. The van der Waals surface area contributed by atoms with E-state index in [9.17, 15) is 14.0 Å². The average Bonchev–Trinajstić information content (AvgIpc) is 2.75. The summed E-state index contributed by atoms with van der Waals surface area (Å²) in [5, 5.41) is 9.20. The van der Waals surface area contributed by atoms with Gasteiger partial charge in [0.1, 0.15) is 5.82 Å². The molecule has 3 aromatic carbocycles. The number of thioether (sulfide) groups is 1. The van der Waals surface area contributed by atoms with Gasteiger partial charge in [-0.3, -0.25) is 9.59 Å². The number of hydrogen-bond donors (Lipinski definition) is 3. The van der Waals surface area contributed by atoms with Crippen LogP contribution in [-0.4, -0.2) is 22.6 Å². The minimum Gasteiger partial charge on any atom is -0.332 e. The van der Waals surface area contributed by atoms with Crippen LogP contribution in [0.2, 0.25) is 5.02 Å². The molecule has 164 valence electrons. The Morgan fingerprint density at radius 3 is 2.28 bits per heavy atom. The van der Waals surface area contributed by atoms with Crippen molar-refractivity contribution in [1.29, 1.82) is 0 Å². The summed E-state index contributed by atoms with van der Waals surface area (Å²) in [6.45, 7) is 1.52. The van der Waals surface area contributed by atoms with Crippen LogP contribution in [0, 0.1) is 5.82 Å². The number of hydrogen-bond acceptors (Lipinski definition) is 4. The van der Waals surface area contributed by atoms with E-state index in [1.807, 2.05) is 24.3 Å². The van der Waals surface area contributed by atoms with Crippen LogP contribution in [0.1, 0.15) is 17.3 Å². The highest BCUT2D eigenvalue weighted by atomic mass is 35.5. The Kier molecular flexibility index (Phi) is 8.21. The maximum absolute atomic E-state index is 13.2. The minimum atomic E-state index is -0.538. The Morgan fingerprint density at radius 1 is 0.938 bits per heavy atom. The number of Topliss-reactive ketones (excluding diaryl/α,β-unsaturated/α-hetero) is 1. The summed E-state index contributed by atoms with van der Waals surface area (Å²) < 4.78 is 13.2. The molecule has 0 bridgehead atoms. The van der Waals surface area contributed by atoms with Crippen LogP contribution in [-0.2, 0) is 4.79 Å². The second-order valence-corrected chi connectivity index (χ2v) is 8.57. The number of anilines is 3. The van der Waals surface area contributed by atoms with Gasteiger partial charge in [0.2, 0.25) is 5.91 Å². The van der Waals surface area contributed by atoms with Crippen molar-refractivity contribution in [1.82, 2.24) is 0 Å². The average molecular weight is 488 g/mol. The molecule has 0 aliphatic rings. The van der Waals surface area contributed by atoms with Crippen LogP contribution in [0.15, 0.2) is 71.6 Å². The van der Waals surface area contributed by atoms with E-state index in [0.29, 0.717) is 16.4 Å². The summed E-state index contributed by atoms with van der Waals surface area (Å²) in [6, 6.07) is 18.5. The zero-order chi connectivity index (χ0) is 23.1. The third kappa shape index (κ3) is 7.05. The van der Waals surface area contributed by atoms with Crippen molar-refractivity contribution in [2.75, 3.05) is 21.7 Å². The van der Waals surface area contributed by atoms with Crippen molar-refractivity contribution in [3.63, 3.8) is 0 Å². The lowest BCUT2D eigenvalue weighted by Gasteiger charge is -2.12. The molecule has 0 atom stereocenters. The van der Waals surface area contributed by atoms with Crippen LogP contribution in [0.25, 0.3) is 0 Å². The molecule has 0 saturated heterocycles. The Morgan fingerprint density at radius 2 is 1.59 bits per heavy atom. The van der Waals surface area contributed by atoms with Gasteiger partial charge in [-0.1, -0.05) is 17.7 Å². The molecule has 0 aliphatic heterocycles. The second kappa shape index (κ2) is 11.1. The van der Waals surface area contributed by atoms with Crippen molar-refractivity contribution >= 4 is 69.4 Å². The third-order valence-corrected chi connectivity index (χ3v) is 5.70. The lowest BCUT2D eigenvalue weighted by molar-refractivity contribution is -0.113. The Bertz CT molecular complexity index is 1160. The van der Waals surface area contributed by atoms with Crippen LogP contribution in [0.3, 0.4) is 0 Å². The van der Waals surface area contributed by atoms with Crippen LogP contribution in [0.5, 0.6) is 0 Å². The monoisotopic (exact) mass is 487 g/mol. The SMILES string of the molecule is CC(=O)c1ccc(NC(=S)Nc2cccc(SCC(=O)Nc3ccc(F)c(Cl)c3)c2)cc1. The maximum Gasteiger partial charge on any atom is 0.234 e. The highest BCUT2D eigenvalue weighted by Crippen LogP contribution is 2.23. The summed E-state index contributed by atoms with van der Waals surface area (Å²) in [6.07, 6.45) is 0. The fraction of sp³-hybridized carbons (Fsp3) is 0.0870. The molecule has 1 amide bonds. The van der Waals surface area contributed by atoms with Crippen LogP contribution >= 0.6 is 35.6 Å². The van der Waals surface area contributed by atoms with Crippen molar-refractivity contribution in [3.8, 4) is 0 Å². The fourth-order valence-electron chi connectivity index (χ4n) is 2.67. The molecule has 3 aromatic rings. The lowest BCUT2D eigenvalue weighted by atomic mass is 10.1. The Balaban J connectivity index is 1.51. The predicted octanol–water partition coefficient (Wildman–Crippen LogP) is 6.22. The van der Waals surface area contributed by atoms with Crippen LogP contribution < -0.4 is 16.0 Å². The Hall–Kier alpha value is -2.94. The van der Waals surface area contributed by atoms with Gasteiger partial charge in [0, 0.05) is 27.5 Å². The topological polar surface area (TPSA) is 70.2 Å². The summed E-state index contributed by atoms with van der Waals surface area (Å²) in [4.78, 5) is 24.4. The van der Waals surface area contributed by atoms with Gasteiger partial charge in [-0.15, -0.1) is 11.8 Å². The number of rotatable bonds is 7. The number of halogens is 2. The molecule has 0 fully saturated rings. The molecule has 0 radical (unpaired) electrons. The van der Waals surface area contributed by atoms with Crippen molar-refractivity contribution in [2.45, 2.75) is 11.8 Å². The number of amides is 1.